The first kappa shape index (κ1) is 13.5. The normalized spacial score (nSPS) is 10.9. The summed E-state index contributed by atoms with van der Waals surface area (Å²) in [4.78, 5) is 15.7. The summed E-state index contributed by atoms with van der Waals surface area (Å²) in [5, 5.41) is 1.83. The van der Waals surface area contributed by atoms with E-state index in [-0.39, 0.29) is 11.3 Å². The second kappa shape index (κ2) is 5.13. The lowest BCUT2D eigenvalue weighted by molar-refractivity contribution is 0.104. The summed E-state index contributed by atoms with van der Waals surface area (Å²) in [5.74, 6) is -0.250. The number of halogens is 3. The van der Waals surface area contributed by atoms with Gasteiger partial charge in [0.1, 0.15) is 0 Å². The Morgan fingerprint density at radius 2 is 1.50 bits per heavy atom. The highest BCUT2D eigenvalue weighted by Gasteiger charge is 2.20. The molecule has 1 heterocycles. The van der Waals surface area contributed by atoms with E-state index in [1.807, 2.05) is 12.1 Å². The first-order valence-corrected chi connectivity index (χ1v) is 6.97. The van der Waals surface area contributed by atoms with Gasteiger partial charge in [-0.1, -0.05) is 46.9 Å². The molecule has 1 N–H and O–H groups in total. The quantitative estimate of drug-likeness (QED) is 0.632. The van der Waals surface area contributed by atoms with Crippen molar-refractivity contribution >= 4 is 51.5 Å². The molecule has 0 aliphatic heterocycles. The van der Waals surface area contributed by atoms with Gasteiger partial charge in [-0.25, -0.2) is 0 Å². The number of fused-ring (bicyclic) bond motifs is 1. The lowest BCUT2D eigenvalue weighted by atomic mass is 10.0. The summed E-state index contributed by atoms with van der Waals surface area (Å²) in [5.41, 5.74) is 1.54. The summed E-state index contributed by atoms with van der Waals surface area (Å²) in [7, 11) is 0. The third kappa shape index (κ3) is 2.10. The first-order valence-electron chi connectivity index (χ1n) is 5.84. The Morgan fingerprint density at radius 3 is 2.20 bits per heavy atom. The van der Waals surface area contributed by atoms with Crippen LogP contribution in [0.4, 0.5) is 0 Å². The van der Waals surface area contributed by atoms with Crippen molar-refractivity contribution in [3.8, 4) is 0 Å². The highest BCUT2D eigenvalue weighted by molar-refractivity contribution is 6.42. The lowest BCUT2D eigenvalue weighted by Crippen LogP contribution is -2.02. The van der Waals surface area contributed by atoms with Crippen LogP contribution in [0.1, 0.15) is 15.9 Å². The Morgan fingerprint density at radius 1 is 0.900 bits per heavy atom. The molecule has 0 bridgehead atoms. The Labute approximate surface area is 130 Å². The molecule has 0 spiro atoms. The van der Waals surface area contributed by atoms with Crippen molar-refractivity contribution in [2.45, 2.75) is 0 Å². The third-order valence-electron chi connectivity index (χ3n) is 3.09. The molecule has 1 aromatic heterocycles. The van der Waals surface area contributed by atoms with Crippen LogP contribution in [-0.2, 0) is 0 Å². The molecule has 3 rings (SSSR count). The highest BCUT2D eigenvalue weighted by Crippen LogP contribution is 2.32. The third-order valence-corrected chi connectivity index (χ3v) is 4.03. The molecule has 0 saturated heterocycles. The number of aromatic nitrogens is 1. The molecule has 20 heavy (non-hydrogen) atoms. The summed E-state index contributed by atoms with van der Waals surface area (Å²) in [6, 6.07) is 10.4. The number of nitrogens with one attached hydrogen (secondary N) is 1. The van der Waals surface area contributed by atoms with Crippen molar-refractivity contribution in [2.75, 3.05) is 0 Å². The van der Waals surface area contributed by atoms with Gasteiger partial charge in [0.25, 0.3) is 0 Å². The predicted molar refractivity (Wildman–Crippen MR) is 83.2 cm³/mol. The second-order valence-corrected chi connectivity index (χ2v) is 5.51. The Kier molecular flexibility index (Phi) is 3.47. The van der Waals surface area contributed by atoms with E-state index in [0.717, 1.165) is 5.52 Å². The molecule has 0 aliphatic rings. The van der Waals surface area contributed by atoms with Crippen molar-refractivity contribution in [2.24, 2.45) is 0 Å². The molecule has 5 heteroatoms. The molecule has 0 fully saturated rings. The number of rotatable bonds is 2. The van der Waals surface area contributed by atoms with Crippen LogP contribution in [0.15, 0.2) is 42.6 Å². The molecule has 100 valence electrons. The molecule has 0 unspecified atom stereocenters. The Bertz CT molecular complexity index is 803. The smallest absolute Gasteiger partial charge is 0.198 e. The number of aromatic amines is 1. The van der Waals surface area contributed by atoms with Crippen molar-refractivity contribution in [1.29, 1.82) is 0 Å². The molecule has 0 atom stereocenters. The van der Waals surface area contributed by atoms with E-state index < -0.39 is 0 Å². The van der Waals surface area contributed by atoms with E-state index in [1.165, 1.54) is 0 Å². The number of H-pyrrole nitrogens is 1. The first-order chi connectivity index (χ1) is 9.59. The van der Waals surface area contributed by atoms with Crippen molar-refractivity contribution in [3.05, 3.63) is 68.8 Å². The molecule has 0 aliphatic carbocycles. The number of hydrogen-bond donors (Lipinski definition) is 1. The molecule has 0 amide bonds. The van der Waals surface area contributed by atoms with Crippen LogP contribution >= 0.6 is 34.8 Å². The summed E-state index contributed by atoms with van der Waals surface area (Å²) in [6.07, 6.45) is 1.62. The number of hydrogen-bond acceptors (Lipinski definition) is 1. The van der Waals surface area contributed by atoms with Crippen LogP contribution in [0.5, 0.6) is 0 Å². The second-order valence-electron chi connectivity index (χ2n) is 4.29. The fourth-order valence-electron chi connectivity index (χ4n) is 2.17. The zero-order valence-corrected chi connectivity index (χ0v) is 12.4. The van der Waals surface area contributed by atoms with E-state index in [2.05, 4.69) is 4.98 Å². The molecular formula is C15H8Cl3NO. The monoisotopic (exact) mass is 323 g/mol. The zero-order chi connectivity index (χ0) is 14.3. The largest absolute Gasteiger partial charge is 0.360 e. The number of carbonyl (C=O) groups excluding carboxylic acids is 1. The van der Waals surface area contributed by atoms with Crippen LogP contribution in [0.25, 0.3) is 10.9 Å². The fourth-order valence-corrected chi connectivity index (χ4v) is 3.01. The van der Waals surface area contributed by atoms with Crippen LogP contribution in [-0.4, -0.2) is 10.8 Å². The van der Waals surface area contributed by atoms with Gasteiger partial charge in [0.2, 0.25) is 0 Å². The lowest BCUT2D eigenvalue weighted by Gasteiger charge is -2.05. The Balaban J connectivity index is 2.24. The molecule has 3 aromatic rings. The standard InChI is InChI=1S/C15H8Cl3NO/c16-9-5-2-6-12-13(9)8(7-19-12)15(20)14-10(17)3-1-4-11(14)18/h1-7,19H. The Hall–Kier alpha value is -1.48. The number of benzene rings is 2. The summed E-state index contributed by atoms with van der Waals surface area (Å²) < 4.78 is 0. The number of ketones is 1. The van der Waals surface area contributed by atoms with Gasteiger partial charge in [-0.3, -0.25) is 4.79 Å². The minimum Gasteiger partial charge on any atom is -0.360 e. The maximum Gasteiger partial charge on any atom is 0.198 e. The van der Waals surface area contributed by atoms with Gasteiger partial charge >= 0.3 is 0 Å². The minimum absolute atomic E-state index is 0.250. The maximum absolute atomic E-state index is 12.7. The zero-order valence-electron chi connectivity index (χ0n) is 10.1. The van der Waals surface area contributed by atoms with Crippen LogP contribution in [0.2, 0.25) is 15.1 Å². The summed E-state index contributed by atoms with van der Waals surface area (Å²) >= 11 is 18.3. The van der Waals surface area contributed by atoms with Gasteiger partial charge < -0.3 is 4.98 Å². The molecular weight excluding hydrogens is 317 g/mol. The van der Waals surface area contributed by atoms with Gasteiger partial charge in [-0.15, -0.1) is 0 Å². The molecule has 0 saturated carbocycles. The van der Waals surface area contributed by atoms with Crippen LogP contribution < -0.4 is 0 Å². The highest BCUT2D eigenvalue weighted by atomic mass is 35.5. The number of carbonyl (C=O) groups is 1. The average molecular weight is 325 g/mol. The predicted octanol–water partition coefficient (Wildman–Crippen LogP) is 5.36. The minimum atomic E-state index is -0.250. The van der Waals surface area contributed by atoms with E-state index >= 15 is 0 Å². The molecule has 0 radical (unpaired) electrons. The topological polar surface area (TPSA) is 32.9 Å². The molecule has 2 aromatic carbocycles. The fraction of sp³-hybridized carbons (Fsp3) is 0. The van der Waals surface area contributed by atoms with E-state index in [1.54, 1.807) is 30.5 Å². The molecule has 2 nitrogen and oxygen atoms in total. The van der Waals surface area contributed by atoms with E-state index in [9.17, 15) is 4.79 Å². The van der Waals surface area contributed by atoms with Crippen LogP contribution in [0, 0.1) is 0 Å². The van der Waals surface area contributed by atoms with Crippen molar-refractivity contribution in [3.63, 3.8) is 0 Å². The van der Waals surface area contributed by atoms with Crippen LogP contribution in [0.3, 0.4) is 0 Å². The van der Waals surface area contributed by atoms with Gasteiger partial charge in [0, 0.05) is 22.7 Å². The van der Waals surface area contributed by atoms with E-state index in [4.69, 9.17) is 34.8 Å². The van der Waals surface area contributed by atoms with Gasteiger partial charge in [0.05, 0.1) is 20.6 Å². The summed E-state index contributed by atoms with van der Waals surface area (Å²) in [6.45, 7) is 0. The average Bonchev–Trinajstić information content (AvgIpc) is 2.83. The maximum atomic E-state index is 12.7. The van der Waals surface area contributed by atoms with Gasteiger partial charge in [-0.05, 0) is 24.3 Å². The van der Waals surface area contributed by atoms with Crippen molar-refractivity contribution < 1.29 is 4.79 Å². The van der Waals surface area contributed by atoms with Crippen molar-refractivity contribution in [1.82, 2.24) is 4.98 Å². The SMILES string of the molecule is O=C(c1c(Cl)cccc1Cl)c1c[nH]c2cccc(Cl)c12. The van der Waals surface area contributed by atoms with Gasteiger partial charge in [0.15, 0.2) is 5.78 Å². The van der Waals surface area contributed by atoms with E-state index in [0.29, 0.717) is 26.0 Å². The van der Waals surface area contributed by atoms with Gasteiger partial charge in [-0.2, -0.15) is 0 Å².